The molecule has 0 fully saturated rings. The number of rotatable bonds is 6. The molecule has 0 spiro atoms. The molecule has 0 bridgehead atoms. The second-order valence-electron chi connectivity index (χ2n) is 4.65. The Kier molecular flexibility index (Phi) is 5.16. The highest BCUT2D eigenvalue weighted by molar-refractivity contribution is 6.05. The van der Waals surface area contributed by atoms with Gasteiger partial charge in [0.15, 0.2) is 0 Å². The maximum atomic E-state index is 12.2. The Morgan fingerprint density at radius 2 is 2.00 bits per heavy atom. The standard InChI is InChI=1S/C16H18O6/c1-4-14(17)22-11-5-6-13-12(9-11)15(10(2)21-13)16(18)20-8-7-19-3/h5-6,9H,4,7-8H2,1-3H3. The summed E-state index contributed by atoms with van der Waals surface area (Å²) in [5.74, 6) is -0.0152. The van der Waals surface area contributed by atoms with Gasteiger partial charge in [0, 0.05) is 18.9 Å². The molecule has 0 saturated heterocycles. The summed E-state index contributed by atoms with van der Waals surface area (Å²) in [6.07, 6.45) is 0.272. The minimum atomic E-state index is -0.493. The van der Waals surface area contributed by atoms with Gasteiger partial charge in [-0.1, -0.05) is 6.92 Å². The number of aryl methyl sites for hydroxylation is 1. The summed E-state index contributed by atoms with van der Waals surface area (Å²) in [6, 6.07) is 4.89. The van der Waals surface area contributed by atoms with Crippen LogP contribution in [0.3, 0.4) is 0 Å². The highest BCUT2D eigenvalue weighted by Gasteiger charge is 2.20. The Morgan fingerprint density at radius 1 is 1.23 bits per heavy atom. The van der Waals surface area contributed by atoms with Gasteiger partial charge in [-0.3, -0.25) is 4.79 Å². The first-order chi connectivity index (χ1) is 10.6. The molecule has 6 heteroatoms. The van der Waals surface area contributed by atoms with Crippen LogP contribution < -0.4 is 4.74 Å². The summed E-state index contributed by atoms with van der Waals surface area (Å²) in [7, 11) is 1.53. The Balaban J connectivity index is 2.32. The zero-order valence-electron chi connectivity index (χ0n) is 12.8. The van der Waals surface area contributed by atoms with Crippen LogP contribution in [-0.2, 0) is 14.3 Å². The van der Waals surface area contributed by atoms with Gasteiger partial charge in [-0.25, -0.2) is 4.79 Å². The van der Waals surface area contributed by atoms with E-state index in [9.17, 15) is 9.59 Å². The second-order valence-corrected chi connectivity index (χ2v) is 4.65. The van der Waals surface area contributed by atoms with Gasteiger partial charge in [-0.2, -0.15) is 0 Å². The summed E-state index contributed by atoms with van der Waals surface area (Å²) in [5, 5.41) is 0.557. The molecule has 0 saturated carbocycles. The first kappa shape index (κ1) is 16.0. The van der Waals surface area contributed by atoms with E-state index >= 15 is 0 Å². The molecule has 2 rings (SSSR count). The minimum absolute atomic E-state index is 0.159. The predicted octanol–water partition coefficient (Wildman–Crippen LogP) is 2.86. The molecule has 0 amide bonds. The number of hydrogen-bond donors (Lipinski definition) is 0. The predicted molar refractivity (Wildman–Crippen MR) is 79.0 cm³/mol. The van der Waals surface area contributed by atoms with Crippen molar-refractivity contribution in [3.8, 4) is 5.75 Å². The van der Waals surface area contributed by atoms with Crippen LogP contribution in [0.15, 0.2) is 22.6 Å². The molecule has 2 aromatic rings. The fourth-order valence-electron chi connectivity index (χ4n) is 2.01. The lowest BCUT2D eigenvalue weighted by atomic mass is 10.1. The topological polar surface area (TPSA) is 75.0 Å². The van der Waals surface area contributed by atoms with E-state index in [4.69, 9.17) is 18.6 Å². The van der Waals surface area contributed by atoms with Crippen molar-refractivity contribution in [2.24, 2.45) is 0 Å². The van der Waals surface area contributed by atoms with Gasteiger partial charge in [0.25, 0.3) is 0 Å². The molecule has 118 valence electrons. The largest absolute Gasteiger partial charge is 0.460 e. The van der Waals surface area contributed by atoms with Crippen LogP contribution in [0.1, 0.15) is 29.5 Å². The number of methoxy groups -OCH3 is 1. The van der Waals surface area contributed by atoms with Crippen molar-refractivity contribution < 1.29 is 28.2 Å². The molecule has 0 N–H and O–H groups in total. The number of furan rings is 1. The minimum Gasteiger partial charge on any atom is -0.460 e. The molecule has 0 unspecified atom stereocenters. The maximum Gasteiger partial charge on any atom is 0.342 e. The third-order valence-electron chi connectivity index (χ3n) is 3.08. The Morgan fingerprint density at radius 3 is 2.68 bits per heavy atom. The Bertz CT molecular complexity index is 685. The molecule has 0 aliphatic heterocycles. The number of ether oxygens (including phenoxy) is 3. The molecule has 0 radical (unpaired) electrons. The Labute approximate surface area is 127 Å². The van der Waals surface area contributed by atoms with Gasteiger partial charge >= 0.3 is 11.9 Å². The van der Waals surface area contributed by atoms with Crippen molar-refractivity contribution in [1.29, 1.82) is 0 Å². The highest BCUT2D eigenvalue weighted by atomic mass is 16.6. The number of fused-ring (bicyclic) bond motifs is 1. The first-order valence-corrected chi connectivity index (χ1v) is 6.96. The van der Waals surface area contributed by atoms with Gasteiger partial charge in [0.1, 0.15) is 29.3 Å². The molecule has 0 aliphatic carbocycles. The second kappa shape index (κ2) is 7.09. The van der Waals surface area contributed by atoms with Gasteiger partial charge in [-0.05, 0) is 25.1 Å². The van der Waals surface area contributed by atoms with E-state index in [0.717, 1.165) is 0 Å². The quantitative estimate of drug-likeness (QED) is 0.464. The lowest BCUT2D eigenvalue weighted by molar-refractivity contribution is -0.134. The van der Waals surface area contributed by atoms with Gasteiger partial charge < -0.3 is 18.6 Å². The van der Waals surface area contributed by atoms with E-state index < -0.39 is 5.97 Å². The smallest absolute Gasteiger partial charge is 0.342 e. The zero-order chi connectivity index (χ0) is 16.1. The van der Waals surface area contributed by atoms with Crippen molar-refractivity contribution in [3.05, 3.63) is 29.5 Å². The van der Waals surface area contributed by atoms with Crippen molar-refractivity contribution >= 4 is 22.9 Å². The van der Waals surface area contributed by atoms with Crippen LogP contribution >= 0.6 is 0 Å². The molecule has 6 nitrogen and oxygen atoms in total. The molecule has 0 aliphatic rings. The van der Waals surface area contributed by atoms with Gasteiger partial charge in [-0.15, -0.1) is 0 Å². The average Bonchev–Trinajstić information content (AvgIpc) is 2.82. The van der Waals surface area contributed by atoms with Crippen LogP contribution in [-0.4, -0.2) is 32.3 Å². The summed E-state index contributed by atoms with van der Waals surface area (Å²) >= 11 is 0. The molecule has 1 heterocycles. The number of carbonyl (C=O) groups is 2. The van der Waals surface area contributed by atoms with Crippen LogP contribution in [0, 0.1) is 6.92 Å². The lowest BCUT2D eigenvalue weighted by Crippen LogP contribution is -2.10. The molecule has 1 aromatic carbocycles. The summed E-state index contributed by atoms with van der Waals surface area (Å²) in [6.45, 7) is 3.87. The third kappa shape index (κ3) is 3.46. The van der Waals surface area contributed by atoms with Crippen LogP contribution in [0.5, 0.6) is 5.75 Å². The van der Waals surface area contributed by atoms with E-state index in [1.807, 2.05) is 0 Å². The summed E-state index contributed by atoms with van der Waals surface area (Å²) < 4.78 is 20.7. The van der Waals surface area contributed by atoms with Gasteiger partial charge in [0.05, 0.1) is 6.61 Å². The normalized spacial score (nSPS) is 10.7. The molecule has 1 aromatic heterocycles. The lowest BCUT2D eigenvalue weighted by Gasteiger charge is -2.04. The molecular weight excluding hydrogens is 288 g/mol. The fraction of sp³-hybridized carbons (Fsp3) is 0.375. The molecular formula is C16H18O6. The van der Waals surface area contributed by atoms with Crippen molar-refractivity contribution in [1.82, 2.24) is 0 Å². The molecule has 22 heavy (non-hydrogen) atoms. The van der Waals surface area contributed by atoms with E-state index in [-0.39, 0.29) is 19.0 Å². The number of carbonyl (C=O) groups excluding carboxylic acids is 2. The van der Waals surface area contributed by atoms with E-state index in [0.29, 0.717) is 34.6 Å². The van der Waals surface area contributed by atoms with Crippen LogP contribution in [0.25, 0.3) is 11.0 Å². The van der Waals surface area contributed by atoms with Crippen molar-refractivity contribution in [3.63, 3.8) is 0 Å². The average molecular weight is 306 g/mol. The number of hydrogen-bond acceptors (Lipinski definition) is 6. The van der Waals surface area contributed by atoms with Crippen LogP contribution in [0.2, 0.25) is 0 Å². The van der Waals surface area contributed by atoms with E-state index in [1.165, 1.54) is 7.11 Å². The van der Waals surface area contributed by atoms with E-state index in [1.54, 1.807) is 32.0 Å². The maximum absolute atomic E-state index is 12.2. The van der Waals surface area contributed by atoms with Crippen molar-refractivity contribution in [2.75, 3.05) is 20.3 Å². The fourth-order valence-corrected chi connectivity index (χ4v) is 2.01. The number of benzene rings is 1. The zero-order valence-corrected chi connectivity index (χ0v) is 12.8. The monoisotopic (exact) mass is 306 g/mol. The van der Waals surface area contributed by atoms with E-state index in [2.05, 4.69) is 0 Å². The summed E-state index contributed by atoms with van der Waals surface area (Å²) in [5.41, 5.74) is 0.869. The van der Waals surface area contributed by atoms with Gasteiger partial charge in [0.2, 0.25) is 0 Å². The molecule has 0 atom stereocenters. The van der Waals surface area contributed by atoms with Crippen molar-refractivity contribution in [2.45, 2.75) is 20.3 Å². The summed E-state index contributed by atoms with van der Waals surface area (Å²) in [4.78, 5) is 23.5. The first-order valence-electron chi connectivity index (χ1n) is 6.96. The Hall–Kier alpha value is -2.34. The highest BCUT2D eigenvalue weighted by Crippen LogP contribution is 2.29. The number of esters is 2. The third-order valence-corrected chi connectivity index (χ3v) is 3.08. The van der Waals surface area contributed by atoms with Crippen LogP contribution in [0.4, 0.5) is 0 Å². The SMILES string of the molecule is CCC(=O)Oc1ccc2oc(C)c(C(=O)OCCOC)c2c1.